The van der Waals surface area contributed by atoms with E-state index in [1.165, 1.54) is 10.5 Å². The van der Waals surface area contributed by atoms with Crippen molar-refractivity contribution in [3.05, 3.63) is 63.6 Å². The average molecular weight is 324 g/mol. The fraction of sp³-hybridized carbons (Fsp3) is 0.250. The van der Waals surface area contributed by atoms with Crippen LogP contribution in [-0.2, 0) is 6.54 Å². The van der Waals surface area contributed by atoms with Gasteiger partial charge in [-0.3, -0.25) is 0 Å². The van der Waals surface area contributed by atoms with Gasteiger partial charge in [-0.2, -0.15) is 0 Å². The maximum atomic E-state index is 6.21. The lowest BCUT2D eigenvalue weighted by Crippen LogP contribution is -2.24. The monoisotopic (exact) mass is 323 g/mol. The molecule has 0 fully saturated rings. The second-order valence-electron chi connectivity index (χ2n) is 4.84. The molecule has 1 nitrogen and oxygen atoms in total. The standard InChI is InChI=1S/C16H15Cl2NS/c17-12-5-6-14(18)11(9-12)10-19-15-7-8-20-16-4-2-1-3-13(15)16/h1-6,9,15,19H,7-8,10H2. The van der Waals surface area contributed by atoms with Crippen LogP contribution in [0.5, 0.6) is 0 Å². The number of fused-ring (bicyclic) bond motifs is 1. The summed E-state index contributed by atoms with van der Waals surface area (Å²) in [4.78, 5) is 1.38. The van der Waals surface area contributed by atoms with Crippen molar-refractivity contribution in [2.75, 3.05) is 5.75 Å². The van der Waals surface area contributed by atoms with Crippen LogP contribution in [-0.4, -0.2) is 5.75 Å². The summed E-state index contributed by atoms with van der Waals surface area (Å²) in [6, 6.07) is 14.6. The Morgan fingerprint density at radius 2 is 2.00 bits per heavy atom. The minimum atomic E-state index is 0.391. The zero-order valence-electron chi connectivity index (χ0n) is 10.9. The van der Waals surface area contributed by atoms with E-state index in [0.29, 0.717) is 6.04 Å². The first-order chi connectivity index (χ1) is 9.74. The summed E-state index contributed by atoms with van der Waals surface area (Å²) in [6.07, 6.45) is 1.14. The quantitative estimate of drug-likeness (QED) is 0.820. The van der Waals surface area contributed by atoms with E-state index in [1.807, 2.05) is 30.0 Å². The Morgan fingerprint density at radius 3 is 2.90 bits per heavy atom. The first-order valence-electron chi connectivity index (χ1n) is 6.63. The molecule has 2 aromatic carbocycles. The van der Waals surface area contributed by atoms with Crippen LogP contribution in [0.2, 0.25) is 10.0 Å². The average Bonchev–Trinajstić information content (AvgIpc) is 2.48. The molecule has 1 aliphatic heterocycles. The lowest BCUT2D eigenvalue weighted by atomic mass is 10.0. The van der Waals surface area contributed by atoms with Crippen LogP contribution in [0.4, 0.5) is 0 Å². The van der Waals surface area contributed by atoms with Crippen molar-refractivity contribution in [2.45, 2.75) is 23.9 Å². The Morgan fingerprint density at radius 1 is 1.15 bits per heavy atom. The van der Waals surface area contributed by atoms with Gasteiger partial charge >= 0.3 is 0 Å². The number of benzene rings is 2. The van der Waals surface area contributed by atoms with E-state index in [0.717, 1.165) is 34.3 Å². The highest BCUT2D eigenvalue weighted by molar-refractivity contribution is 7.99. The zero-order chi connectivity index (χ0) is 13.9. The van der Waals surface area contributed by atoms with Crippen molar-refractivity contribution in [2.24, 2.45) is 0 Å². The Bertz CT molecular complexity index is 615. The van der Waals surface area contributed by atoms with Gasteiger partial charge in [0.2, 0.25) is 0 Å². The first-order valence-corrected chi connectivity index (χ1v) is 8.37. The Labute approximate surface area is 133 Å². The van der Waals surface area contributed by atoms with Crippen LogP contribution < -0.4 is 5.32 Å². The summed E-state index contributed by atoms with van der Waals surface area (Å²) in [6.45, 7) is 0.739. The third-order valence-corrected chi connectivity index (χ3v) is 5.23. The van der Waals surface area contributed by atoms with Gasteiger partial charge in [-0.05, 0) is 47.6 Å². The summed E-state index contributed by atoms with van der Waals surface area (Å²) < 4.78 is 0. The van der Waals surface area contributed by atoms with Gasteiger partial charge in [0.1, 0.15) is 0 Å². The van der Waals surface area contributed by atoms with E-state index in [1.54, 1.807) is 0 Å². The van der Waals surface area contributed by atoms with E-state index in [2.05, 4.69) is 29.6 Å². The molecule has 1 atom stereocenters. The van der Waals surface area contributed by atoms with Crippen molar-refractivity contribution >= 4 is 35.0 Å². The molecule has 1 heterocycles. The zero-order valence-corrected chi connectivity index (χ0v) is 13.2. The molecule has 0 radical (unpaired) electrons. The van der Waals surface area contributed by atoms with Crippen LogP contribution in [0, 0.1) is 0 Å². The van der Waals surface area contributed by atoms with Gasteiger partial charge in [-0.25, -0.2) is 0 Å². The van der Waals surface area contributed by atoms with Crippen LogP contribution in [0.25, 0.3) is 0 Å². The number of halogens is 2. The molecule has 1 aliphatic rings. The van der Waals surface area contributed by atoms with Crippen molar-refractivity contribution in [1.29, 1.82) is 0 Å². The molecule has 0 saturated heterocycles. The highest BCUT2D eigenvalue weighted by Gasteiger charge is 2.19. The van der Waals surface area contributed by atoms with Gasteiger partial charge in [0.05, 0.1) is 0 Å². The highest BCUT2D eigenvalue weighted by Crippen LogP contribution is 2.36. The maximum Gasteiger partial charge on any atom is 0.0451 e. The molecule has 0 aliphatic carbocycles. The lowest BCUT2D eigenvalue weighted by Gasteiger charge is -2.26. The lowest BCUT2D eigenvalue weighted by molar-refractivity contribution is 0.510. The summed E-state index contributed by atoms with van der Waals surface area (Å²) in [5.74, 6) is 1.15. The van der Waals surface area contributed by atoms with Crippen LogP contribution >= 0.6 is 35.0 Å². The Balaban J connectivity index is 1.75. The predicted molar refractivity (Wildman–Crippen MR) is 87.8 cm³/mol. The Hall–Kier alpha value is -0.670. The van der Waals surface area contributed by atoms with E-state index in [-0.39, 0.29) is 0 Å². The van der Waals surface area contributed by atoms with Gasteiger partial charge in [0, 0.05) is 27.5 Å². The third kappa shape index (κ3) is 3.15. The number of thioether (sulfide) groups is 1. The highest BCUT2D eigenvalue weighted by atomic mass is 35.5. The van der Waals surface area contributed by atoms with Crippen LogP contribution in [0.3, 0.4) is 0 Å². The maximum absolute atomic E-state index is 6.21. The number of nitrogens with one attached hydrogen (secondary N) is 1. The van der Waals surface area contributed by atoms with Gasteiger partial charge in [-0.1, -0.05) is 41.4 Å². The predicted octanol–water partition coefficient (Wildman–Crippen LogP) is 5.32. The fourth-order valence-electron chi connectivity index (χ4n) is 2.47. The van der Waals surface area contributed by atoms with Crippen LogP contribution in [0.15, 0.2) is 47.4 Å². The summed E-state index contributed by atoms with van der Waals surface area (Å²) in [5.41, 5.74) is 2.44. The summed E-state index contributed by atoms with van der Waals surface area (Å²) in [5, 5.41) is 5.10. The molecule has 0 aromatic heterocycles. The smallest absolute Gasteiger partial charge is 0.0451 e. The second kappa shape index (κ2) is 6.40. The minimum absolute atomic E-state index is 0.391. The topological polar surface area (TPSA) is 12.0 Å². The summed E-state index contributed by atoms with van der Waals surface area (Å²) in [7, 11) is 0. The van der Waals surface area contributed by atoms with E-state index < -0.39 is 0 Å². The van der Waals surface area contributed by atoms with Gasteiger partial charge < -0.3 is 5.32 Å². The number of hydrogen-bond acceptors (Lipinski definition) is 2. The van der Waals surface area contributed by atoms with E-state index >= 15 is 0 Å². The normalized spacial score (nSPS) is 17.8. The molecule has 2 aromatic rings. The molecule has 1 unspecified atom stereocenters. The van der Waals surface area contributed by atoms with Gasteiger partial charge in [0.15, 0.2) is 0 Å². The molecular weight excluding hydrogens is 309 g/mol. The van der Waals surface area contributed by atoms with Crippen LogP contribution in [0.1, 0.15) is 23.6 Å². The van der Waals surface area contributed by atoms with E-state index in [9.17, 15) is 0 Å². The molecule has 0 bridgehead atoms. The number of hydrogen-bond donors (Lipinski definition) is 1. The molecular formula is C16H15Cl2NS. The number of rotatable bonds is 3. The molecule has 20 heavy (non-hydrogen) atoms. The van der Waals surface area contributed by atoms with E-state index in [4.69, 9.17) is 23.2 Å². The van der Waals surface area contributed by atoms with Gasteiger partial charge in [-0.15, -0.1) is 11.8 Å². The molecule has 1 N–H and O–H groups in total. The van der Waals surface area contributed by atoms with Crippen molar-refractivity contribution in [3.8, 4) is 0 Å². The fourth-order valence-corrected chi connectivity index (χ4v) is 3.97. The molecule has 3 rings (SSSR count). The SMILES string of the molecule is Clc1ccc(Cl)c(CNC2CCSc3ccccc32)c1. The second-order valence-corrected chi connectivity index (χ2v) is 6.82. The molecule has 0 spiro atoms. The molecule has 104 valence electrons. The molecule has 4 heteroatoms. The summed E-state index contributed by atoms with van der Waals surface area (Å²) >= 11 is 14.2. The van der Waals surface area contributed by atoms with Crippen molar-refractivity contribution in [1.82, 2.24) is 5.32 Å². The van der Waals surface area contributed by atoms with Crippen molar-refractivity contribution < 1.29 is 0 Å². The minimum Gasteiger partial charge on any atom is -0.306 e. The third-order valence-electron chi connectivity index (χ3n) is 3.51. The molecule has 0 amide bonds. The largest absolute Gasteiger partial charge is 0.306 e. The first kappa shape index (κ1) is 14.3. The Kier molecular flexibility index (Phi) is 4.57. The van der Waals surface area contributed by atoms with Gasteiger partial charge in [0.25, 0.3) is 0 Å². The van der Waals surface area contributed by atoms with Crippen molar-refractivity contribution in [3.63, 3.8) is 0 Å². The molecule has 0 saturated carbocycles.